The number of thiazole rings is 1. The Kier molecular flexibility index (Phi) is 5.35. The second kappa shape index (κ2) is 7.85. The van der Waals surface area contributed by atoms with Crippen LogP contribution in [0, 0.1) is 19.3 Å². The van der Waals surface area contributed by atoms with Crippen LogP contribution in [0.1, 0.15) is 27.3 Å². The van der Waals surface area contributed by atoms with Crippen LogP contribution >= 0.6 is 11.3 Å². The third-order valence-electron chi connectivity index (χ3n) is 5.33. The molecule has 2 heterocycles. The van der Waals surface area contributed by atoms with Gasteiger partial charge in [-0.3, -0.25) is 5.41 Å². The topological polar surface area (TPSA) is 60.2 Å². The molecule has 1 aliphatic rings. The van der Waals surface area contributed by atoms with Crippen LogP contribution in [0.3, 0.4) is 0 Å². The van der Waals surface area contributed by atoms with Crippen LogP contribution in [0.15, 0.2) is 53.6 Å². The number of hydrogen-bond acceptors (Lipinski definition) is 4. The van der Waals surface area contributed by atoms with Crippen molar-refractivity contribution in [3.8, 4) is 11.3 Å². The highest BCUT2D eigenvalue weighted by atomic mass is 32.1. The maximum absolute atomic E-state index is 13.0. The number of amidine groups is 1. The Morgan fingerprint density at radius 2 is 1.90 bits per heavy atom. The molecule has 0 unspecified atom stereocenters. The zero-order chi connectivity index (χ0) is 22.3. The number of aryl methyl sites for hydroxylation is 2. The van der Waals surface area contributed by atoms with Gasteiger partial charge in [-0.1, -0.05) is 24.3 Å². The van der Waals surface area contributed by atoms with Crippen molar-refractivity contribution in [2.75, 3.05) is 6.54 Å². The molecule has 3 aromatic rings. The van der Waals surface area contributed by atoms with Crippen molar-refractivity contribution in [2.24, 2.45) is 0 Å². The van der Waals surface area contributed by atoms with Gasteiger partial charge in [0.25, 0.3) is 0 Å². The number of aliphatic hydroxyl groups excluding tert-OH is 1. The van der Waals surface area contributed by atoms with Crippen molar-refractivity contribution in [3.63, 3.8) is 0 Å². The van der Waals surface area contributed by atoms with Gasteiger partial charge in [-0.25, -0.2) is 4.98 Å². The predicted molar refractivity (Wildman–Crippen MR) is 116 cm³/mol. The quantitative estimate of drug-likeness (QED) is 0.504. The molecule has 31 heavy (non-hydrogen) atoms. The number of rotatable bonds is 4. The van der Waals surface area contributed by atoms with E-state index in [2.05, 4.69) is 4.98 Å². The lowest BCUT2D eigenvalue weighted by Crippen LogP contribution is -2.26. The van der Waals surface area contributed by atoms with Gasteiger partial charge in [0.2, 0.25) is 0 Å². The lowest BCUT2D eigenvalue weighted by molar-refractivity contribution is -0.137. The van der Waals surface area contributed by atoms with Gasteiger partial charge >= 0.3 is 6.18 Å². The van der Waals surface area contributed by atoms with Crippen molar-refractivity contribution >= 4 is 22.7 Å². The van der Waals surface area contributed by atoms with Gasteiger partial charge in [0, 0.05) is 17.5 Å². The largest absolute Gasteiger partial charge is 0.510 e. The minimum atomic E-state index is -4.42. The fraction of sp³-hybridized carbons (Fsp3) is 0.217. The fourth-order valence-electron chi connectivity index (χ4n) is 3.48. The molecular formula is C23H20F3N3OS. The maximum Gasteiger partial charge on any atom is 0.416 e. The summed E-state index contributed by atoms with van der Waals surface area (Å²) in [5.74, 6) is 0.0499. The van der Waals surface area contributed by atoms with Crippen molar-refractivity contribution in [1.82, 2.24) is 9.88 Å². The molecule has 0 atom stereocenters. The van der Waals surface area contributed by atoms with Crippen LogP contribution in [0.4, 0.5) is 13.2 Å². The van der Waals surface area contributed by atoms with E-state index in [0.717, 1.165) is 29.0 Å². The molecule has 0 aliphatic carbocycles. The normalized spacial score (nSPS) is 14.6. The van der Waals surface area contributed by atoms with Crippen LogP contribution in [0.2, 0.25) is 0 Å². The Labute approximate surface area is 181 Å². The molecular weight excluding hydrogens is 423 g/mol. The van der Waals surface area contributed by atoms with Crippen LogP contribution in [0.5, 0.6) is 0 Å². The Morgan fingerprint density at radius 3 is 2.61 bits per heavy atom. The molecule has 160 valence electrons. The zero-order valence-corrected chi connectivity index (χ0v) is 17.7. The minimum absolute atomic E-state index is 0.00189. The molecule has 8 heteroatoms. The van der Waals surface area contributed by atoms with E-state index in [4.69, 9.17) is 5.41 Å². The first-order chi connectivity index (χ1) is 14.6. The first-order valence-corrected chi connectivity index (χ1v) is 10.5. The van der Waals surface area contributed by atoms with Crippen LogP contribution in [-0.4, -0.2) is 27.4 Å². The van der Waals surface area contributed by atoms with E-state index < -0.39 is 11.7 Å². The van der Waals surface area contributed by atoms with E-state index in [-0.39, 0.29) is 24.7 Å². The summed E-state index contributed by atoms with van der Waals surface area (Å²) in [4.78, 5) is 6.15. The standard InChI is InChI=1S/C23H20F3N3OS/c1-13-6-7-16(8-14(13)2)18-12-31-22(28-18)20-19(30)11-29(21(20)27)10-15-4-3-5-17(9-15)23(24,25)26/h3-9,12,27,30H,10-11H2,1-2H3. The first kappa shape index (κ1) is 21.1. The summed E-state index contributed by atoms with van der Waals surface area (Å²) >= 11 is 1.33. The molecule has 4 rings (SSSR count). The first-order valence-electron chi connectivity index (χ1n) is 9.59. The van der Waals surface area contributed by atoms with Gasteiger partial charge in [0.1, 0.15) is 16.6 Å². The third-order valence-corrected chi connectivity index (χ3v) is 6.19. The lowest BCUT2D eigenvalue weighted by Gasteiger charge is -2.19. The average Bonchev–Trinajstić information content (AvgIpc) is 3.28. The van der Waals surface area contributed by atoms with Gasteiger partial charge < -0.3 is 10.0 Å². The number of nitrogens with one attached hydrogen (secondary N) is 1. The second-order valence-electron chi connectivity index (χ2n) is 7.56. The summed E-state index contributed by atoms with van der Waals surface area (Å²) in [5, 5.41) is 21.4. The van der Waals surface area contributed by atoms with Gasteiger partial charge in [0.15, 0.2) is 0 Å². The molecule has 0 spiro atoms. The van der Waals surface area contributed by atoms with Crippen LogP contribution < -0.4 is 0 Å². The van der Waals surface area contributed by atoms with E-state index in [1.807, 2.05) is 37.4 Å². The summed E-state index contributed by atoms with van der Waals surface area (Å²) in [5.41, 5.74) is 4.06. The summed E-state index contributed by atoms with van der Waals surface area (Å²) < 4.78 is 38.9. The van der Waals surface area contributed by atoms with E-state index in [1.54, 1.807) is 6.07 Å². The summed E-state index contributed by atoms with van der Waals surface area (Å²) in [6.45, 7) is 4.21. The minimum Gasteiger partial charge on any atom is -0.510 e. The molecule has 0 saturated heterocycles. The van der Waals surface area contributed by atoms with Crippen molar-refractivity contribution in [2.45, 2.75) is 26.6 Å². The van der Waals surface area contributed by atoms with Crippen molar-refractivity contribution in [3.05, 3.63) is 80.9 Å². The van der Waals surface area contributed by atoms with Gasteiger partial charge in [-0.15, -0.1) is 11.3 Å². The average molecular weight is 443 g/mol. The molecule has 2 aromatic carbocycles. The molecule has 1 aromatic heterocycles. The number of benzene rings is 2. The number of aliphatic hydroxyl groups is 1. The Bertz CT molecular complexity index is 1200. The van der Waals surface area contributed by atoms with Gasteiger partial charge in [0.05, 0.1) is 23.4 Å². The smallest absolute Gasteiger partial charge is 0.416 e. The predicted octanol–water partition coefficient (Wildman–Crippen LogP) is 6.21. The number of hydrogen-bond donors (Lipinski definition) is 2. The molecule has 0 fully saturated rings. The highest BCUT2D eigenvalue weighted by Crippen LogP contribution is 2.34. The zero-order valence-electron chi connectivity index (χ0n) is 16.9. The van der Waals surface area contributed by atoms with E-state index in [0.29, 0.717) is 16.1 Å². The number of alkyl halides is 3. The molecule has 0 saturated carbocycles. The maximum atomic E-state index is 13.0. The number of halogens is 3. The SMILES string of the molecule is Cc1ccc(-c2csc(C3=C(O)CN(Cc4cccc(C(F)(F)F)c4)C3=N)n2)cc1C. The van der Waals surface area contributed by atoms with Gasteiger partial charge in [-0.2, -0.15) is 13.2 Å². The van der Waals surface area contributed by atoms with Crippen molar-refractivity contribution < 1.29 is 18.3 Å². The Balaban J connectivity index is 1.55. The second-order valence-corrected chi connectivity index (χ2v) is 8.42. The van der Waals surface area contributed by atoms with Crippen molar-refractivity contribution in [1.29, 1.82) is 5.41 Å². The molecule has 1 aliphatic heterocycles. The van der Waals surface area contributed by atoms with E-state index >= 15 is 0 Å². The Hall–Kier alpha value is -3.13. The summed E-state index contributed by atoms with van der Waals surface area (Å²) in [6.07, 6.45) is -4.42. The Morgan fingerprint density at radius 1 is 1.13 bits per heavy atom. The van der Waals surface area contributed by atoms with Crippen LogP contribution in [0.25, 0.3) is 16.8 Å². The summed E-state index contributed by atoms with van der Waals surface area (Å²) in [7, 11) is 0. The number of aromatic nitrogens is 1. The molecule has 0 radical (unpaired) electrons. The third kappa shape index (κ3) is 4.20. The number of nitrogens with zero attached hydrogens (tertiary/aromatic N) is 2. The fourth-order valence-corrected chi connectivity index (χ4v) is 4.38. The molecule has 2 N–H and O–H groups in total. The highest BCUT2D eigenvalue weighted by Gasteiger charge is 2.32. The van der Waals surface area contributed by atoms with E-state index in [9.17, 15) is 18.3 Å². The summed E-state index contributed by atoms with van der Waals surface area (Å²) in [6, 6.07) is 11.1. The molecule has 0 bridgehead atoms. The monoisotopic (exact) mass is 443 g/mol. The van der Waals surface area contributed by atoms with E-state index in [1.165, 1.54) is 27.9 Å². The van der Waals surface area contributed by atoms with Crippen LogP contribution in [-0.2, 0) is 12.7 Å². The lowest BCUT2D eigenvalue weighted by atomic mass is 10.1. The highest BCUT2D eigenvalue weighted by molar-refractivity contribution is 7.11. The van der Waals surface area contributed by atoms with Gasteiger partial charge in [-0.05, 0) is 48.7 Å². The molecule has 0 amide bonds. The molecule has 4 nitrogen and oxygen atoms in total.